The van der Waals surface area contributed by atoms with Crippen molar-refractivity contribution in [1.29, 1.82) is 0 Å². The minimum Gasteiger partial charge on any atom is -0.490 e. The monoisotopic (exact) mass is 400 g/mol. The molecule has 5 heteroatoms. The van der Waals surface area contributed by atoms with Gasteiger partial charge in [-0.05, 0) is 93.4 Å². The van der Waals surface area contributed by atoms with Crippen LogP contribution in [0.15, 0.2) is 53.4 Å². The molecule has 0 aliphatic heterocycles. The molecule has 0 unspecified atom stereocenters. The Morgan fingerprint density at radius 2 is 1.78 bits per heavy atom. The van der Waals surface area contributed by atoms with Gasteiger partial charge in [-0.25, -0.2) is 0 Å². The van der Waals surface area contributed by atoms with E-state index in [0.29, 0.717) is 11.2 Å². The lowest BCUT2D eigenvalue weighted by atomic mass is 10.2. The summed E-state index contributed by atoms with van der Waals surface area (Å²) in [5, 5.41) is 7.18. The number of rotatable bonds is 8. The summed E-state index contributed by atoms with van der Waals surface area (Å²) < 4.78 is 5.99. The molecule has 3 nitrogen and oxygen atoms in total. The van der Waals surface area contributed by atoms with Crippen molar-refractivity contribution in [2.45, 2.75) is 50.0 Å². The Morgan fingerprint density at radius 1 is 1.07 bits per heavy atom. The first-order valence-corrected chi connectivity index (χ1v) is 11.1. The van der Waals surface area contributed by atoms with E-state index in [1.807, 2.05) is 36.0 Å². The maximum absolute atomic E-state index is 5.99. The average Bonchev–Trinajstić information content (AvgIpc) is 3.18. The SMILES string of the molecule is Cc1ccc(SCCCNC(=S)Nc2ccc(OC3CCCC3)cc2)cc1. The van der Waals surface area contributed by atoms with Gasteiger partial charge in [0.2, 0.25) is 0 Å². The largest absolute Gasteiger partial charge is 0.490 e. The molecule has 0 aromatic heterocycles. The number of hydrogen-bond donors (Lipinski definition) is 2. The topological polar surface area (TPSA) is 33.3 Å². The minimum atomic E-state index is 0.393. The van der Waals surface area contributed by atoms with Crippen molar-refractivity contribution in [2.24, 2.45) is 0 Å². The van der Waals surface area contributed by atoms with Crippen molar-refractivity contribution >= 4 is 34.8 Å². The number of aryl methyl sites for hydroxylation is 1. The third-order valence-corrected chi connectivity index (χ3v) is 5.96. The van der Waals surface area contributed by atoms with Crippen LogP contribution in [0.1, 0.15) is 37.7 Å². The van der Waals surface area contributed by atoms with Gasteiger partial charge < -0.3 is 15.4 Å². The predicted molar refractivity (Wildman–Crippen MR) is 120 cm³/mol. The first kappa shape index (κ1) is 20.0. The summed E-state index contributed by atoms with van der Waals surface area (Å²) in [6, 6.07) is 16.7. The predicted octanol–water partition coefficient (Wildman–Crippen LogP) is 5.79. The van der Waals surface area contributed by atoms with Gasteiger partial charge >= 0.3 is 0 Å². The third kappa shape index (κ3) is 7.07. The Labute approximate surface area is 172 Å². The summed E-state index contributed by atoms with van der Waals surface area (Å²) in [4.78, 5) is 1.32. The van der Waals surface area contributed by atoms with Crippen molar-refractivity contribution in [3.63, 3.8) is 0 Å². The molecule has 1 aliphatic carbocycles. The van der Waals surface area contributed by atoms with E-state index >= 15 is 0 Å². The molecule has 0 radical (unpaired) electrons. The maximum Gasteiger partial charge on any atom is 0.170 e. The standard InChI is InChI=1S/C22H28N2OS2/c1-17-7-13-21(14-8-17)27-16-4-15-23-22(26)24-18-9-11-20(12-10-18)25-19-5-2-3-6-19/h7-14,19H,2-6,15-16H2,1H3,(H2,23,24,26). The molecule has 1 aliphatic rings. The maximum atomic E-state index is 5.99. The fourth-order valence-electron chi connectivity index (χ4n) is 3.09. The van der Waals surface area contributed by atoms with Crippen LogP contribution in [0.3, 0.4) is 0 Å². The van der Waals surface area contributed by atoms with E-state index in [9.17, 15) is 0 Å². The molecule has 0 heterocycles. The smallest absolute Gasteiger partial charge is 0.170 e. The van der Waals surface area contributed by atoms with Crippen LogP contribution in [0.25, 0.3) is 0 Å². The van der Waals surface area contributed by atoms with Gasteiger partial charge in [0.1, 0.15) is 5.75 Å². The third-order valence-electron chi connectivity index (χ3n) is 4.61. The molecule has 0 saturated heterocycles. The zero-order valence-electron chi connectivity index (χ0n) is 15.9. The zero-order chi connectivity index (χ0) is 18.9. The summed E-state index contributed by atoms with van der Waals surface area (Å²) >= 11 is 7.26. The highest BCUT2D eigenvalue weighted by atomic mass is 32.2. The molecule has 2 aromatic carbocycles. The second-order valence-corrected chi connectivity index (χ2v) is 8.52. The molecule has 1 fully saturated rings. The molecule has 0 atom stereocenters. The highest BCUT2D eigenvalue weighted by Gasteiger charge is 2.16. The number of nitrogens with one attached hydrogen (secondary N) is 2. The van der Waals surface area contributed by atoms with Crippen molar-refractivity contribution in [3.8, 4) is 5.75 Å². The molecule has 2 N–H and O–H groups in total. The summed E-state index contributed by atoms with van der Waals surface area (Å²) in [5.41, 5.74) is 2.29. The minimum absolute atomic E-state index is 0.393. The van der Waals surface area contributed by atoms with Gasteiger partial charge in [-0.3, -0.25) is 0 Å². The van der Waals surface area contributed by atoms with E-state index in [-0.39, 0.29) is 0 Å². The number of thioether (sulfide) groups is 1. The molecule has 3 rings (SSSR count). The van der Waals surface area contributed by atoms with E-state index < -0.39 is 0 Å². The van der Waals surface area contributed by atoms with Gasteiger partial charge in [-0.15, -0.1) is 11.8 Å². The highest BCUT2D eigenvalue weighted by Crippen LogP contribution is 2.25. The number of hydrogen-bond acceptors (Lipinski definition) is 3. The van der Waals surface area contributed by atoms with Crippen LogP contribution in [0.4, 0.5) is 5.69 Å². The Morgan fingerprint density at radius 3 is 2.48 bits per heavy atom. The summed E-state index contributed by atoms with van der Waals surface area (Å²) in [6.45, 7) is 2.98. The van der Waals surface area contributed by atoms with Gasteiger partial charge in [0.15, 0.2) is 5.11 Å². The molecule has 0 bridgehead atoms. The second kappa shape index (κ2) is 10.6. The van der Waals surface area contributed by atoms with E-state index in [4.69, 9.17) is 17.0 Å². The van der Waals surface area contributed by atoms with E-state index in [1.54, 1.807) is 0 Å². The van der Waals surface area contributed by atoms with Crippen molar-refractivity contribution < 1.29 is 4.74 Å². The summed E-state index contributed by atoms with van der Waals surface area (Å²) in [7, 11) is 0. The Hall–Kier alpha value is -1.72. The van der Waals surface area contributed by atoms with Crippen molar-refractivity contribution in [2.75, 3.05) is 17.6 Å². The molecule has 27 heavy (non-hydrogen) atoms. The van der Waals surface area contributed by atoms with E-state index in [0.717, 1.165) is 30.2 Å². The Bertz CT molecular complexity index is 710. The molecular formula is C22H28N2OS2. The van der Waals surface area contributed by atoms with Crippen LogP contribution in [-0.4, -0.2) is 23.5 Å². The lowest BCUT2D eigenvalue weighted by Crippen LogP contribution is -2.29. The summed E-state index contributed by atoms with van der Waals surface area (Å²) in [5.74, 6) is 2.02. The Balaban J connectivity index is 1.31. The van der Waals surface area contributed by atoms with Crippen LogP contribution in [0.5, 0.6) is 5.75 Å². The quantitative estimate of drug-likeness (QED) is 0.333. The van der Waals surface area contributed by atoms with Crippen LogP contribution in [0, 0.1) is 6.92 Å². The first-order chi connectivity index (χ1) is 13.2. The first-order valence-electron chi connectivity index (χ1n) is 9.70. The number of anilines is 1. The van der Waals surface area contributed by atoms with Gasteiger partial charge in [-0.1, -0.05) is 17.7 Å². The fraction of sp³-hybridized carbons (Fsp3) is 0.409. The van der Waals surface area contributed by atoms with Crippen LogP contribution >= 0.6 is 24.0 Å². The van der Waals surface area contributed by atoms with Crippen LogP contribution in [-0.2, 0) is 0 Å². The molecule has 1 saturated carbocycles. The zero-order valence-corrected chi connectivity index (χ0v) is 17.5. The van der Waals surface area contributed by atoms with E-state index in [2.05, 4.69) is 41.8 Å². The number of benzene rings is 2. The van der Waals surface area contributed by atoms with Crippen molar-refractivity contribution in [1.82, 2.24) is 5.32 Å². The van der Waals surface area contributed by atoms with Gasteiger partial charge in [0, 0.05) is 17.1 Å². The number of ether oxygens (including phenoxy) is 1. The average molecular weight is 401 g/mol. The van der Waals surface area contributed by atoms with Gasteiger partial charge in [0.25, 0.3) is 0 Å². The highest BCUT2D eigenvalue weighted by molar-refractivity contribution is 7.99. The molecular weight excluding hydrogens is 372 g/mol. The fourth-order valence-corrected chi connectivity index (χ4v) is 4.16. The molecule has 2 aromatic rings. The Kier molecular flexibility index (Phi) is 7.84. The lowest BCUT2D eigenvalue weighted by molar-refractivity contribution is 0.210. The van der Waals surface area contributed by atoms with Gasteiger partial charge in [0.05, 0.1) is 6.10 Å². The van der Waals surface area contributed by atoms with E-state index in [1.165, 1.54) is 36.1 Å². The normalized spacial score (nSPS) is 14.1. The lowest BCUT2D eigenvalue weighted by Gasteiger charge is -2.14. The molecule has 144 valence electrons. The van der Waals surface area contributed by atoms with Crippen LogP contribution in [0.2, 0.25) is 0 Å². The van der Waals surface area contributed by atoms with Crippen molar-refractivity contribution in [3.05, 3.63) is 54.1 Å². The van der Waals surface area contributed by atoms with Gasteiger partial charge in [-0.2, -0.15) is 0 Å². The number of thiocarbonyl (C=S) groups is 1. The van der Waals surface area contributed by atoms with Crippen LogP contribution < -0.4 is 15.4 Å². The second-order valence-electron chi connectivity index (χ2n) is 6.94. The summed E-state index contributed by atoms with van der Waals surface area (Å²) in [6.07, 6.45) is 6.38. The molecule has 0 amide bonds. The molecule has 0 spiro atoms.